The first kappa shape index (κ1) is 13.8. The third kappa shape index (κ3) is 2.54. The Hall–Kier alpha value is -3.15. The van der Waals surface area contributed by atoms with Crippen LogP contribution < -0.4 is 16.5 Å². The summed E-state index contributed by atoms with van der Waals surface area (Å²) in [7, 11) is 1.57. The molecule has 0 saturated heterocycles. The maximum Gasteiger partial charge on any atom is 0.349 e. The fourth-order valence-electron chi connectivity index (χ4n) is 2.09. The molecule has 0 bridgehead atoms. The van der Waals surface area contributed by atoms with Gasteiger partial charge in [0.15, 0.2) is 0 Å². The van der Waals surface area contributed by atoms with E-state index < -0.39 is 11.5 Å². The Labute approximate surface area is 124 Å². The quantitative estimate of drug-likeness (QED) is 0.730. The standard InChI is InChI=1S/C16H12N2O4/c1-18-9-11(6-7-14(18)19)17-15(20)12-8-10-4-2-3-5-13(10)22-16(12)21/h2-9H,1H3,(H,17,20). The Morgan fingerprint density at radius 3 is 2.68 bits per heavy atom. The number of aryl methyl sites for hydroxylation is 1. The number of pyridine rings is 1. The predicted octanol–water partition coefficient (Wildman–Crippen LogP) is 1.74. The van der Waals surface area contributed by atoms with Crippen molar-refractivity contribution in [2.75, 3.05) is 5.32 Å². The molecule has 1 N–H and O–H groups in total. The third-order valence-corrected chi connectivity index (χ3v) is 3.23. The van der Waals surface area contributed by atoms with Gasteiger partial charge in [0.05, 0.1) is 5.69 Å². The number of hydrogen-bond acceptors (Lipinski definition) is 4. The Balaban J connectivity index is 1.98. The Kier molecular flexibility index (Phi) is 3.34. The van der Waals surface area contributed by atoms with Crippen molar-refractivity contribution < 1.29 is 9.21 Å². The van der Waals surface area contributed by atoms with Gasteiger partial charge in [0, 0.05) is 24.7 Å². The summed E-state index contributed by atoms with van der Waals surface area (Å²) in [6.07, 6.45) is 1.48. The van der Waals surface area contributed by atoms with Gasteiger partial charge in [-0.1, -0.05) is 18.2 Å². The smallest absolute Gasteiger partial charge is 0.349 e. The monoisotopic (exact) mass is 296 g/mol. The Morgan fingerprint density at radius 2 is 1.91 bits per heavy atom. The minimum Gasteiger partial charge on any atom is -0.422 e. The number of carbonyl (C=O) groups excluding carboxylic acids is 1. The van der Waals surface area contributed by atoms with Crippen molar-refractivity contribution in [2.24, 2.45) is 7.05 Å². The number of hydrogen-bond donors (Lipinski definition) is 1. The maximum absolute atomic E-state index is 12.2. The van der Waals surface area contributed by atoms with E-state index in [4.69, 9.17) is 4.42 Å². The first-order chi connectivity index (χ1) is 10.5. The molecule has 6 heteroatoms. The van der Waals surface area contributed by atoms with Crippen LogP contribution in [0.1, 0.15) is 10.4 Å². The maximum atomic E-state index is 12.2. The summed E-state index contributed by atoms with van der Waals surface area (Å²) in [5.41, 5.74) is -0.150. The van der Waals surface area contributed by atoms with Gasteiger partial charge in [0.2, 0.25) is 5.56 Å². The van der Waals surface area contributed by atoms with Crippen LogP contribution >= 0.6 is 0 Å². The van der Waals surface area contributed by atoms with Crippen molar-refractivity contribution in [2.45, 2.75) is 0 Å². The van der Waals surface area contributed by atoms with Gasteiger partial charge in [-0.25, -0.2) is 4.79 Å². The van der Waals surface area contributed by atoms with Gasteiger partial charge < -0.3 is 14.3 Å². The second-order valence-corrected chi connectivity index (χ2v) is 4.81. The minimum atomic E-state index is -0.707. The Bertz CT molecular complexity index is 985. The molecule has 3 rings (SSSR count). The van der Waals surface area contributed by atoms with Crippen molar-refractivity contribution in [1.29, 1.82) is 0 Å². The zero-order valence-corrected chi connectivity index (χ0v) is 11.7. The van der Waals surface area contributed by atoms with Gasteiger partial charge in [0.25, 0.3) is 5.91 Å². The number of amides is 1. The summed E-state index contributed by atoms with van der Waals surface area (Å²) in [6.45, 7) is 0. The van der Waals surface area contributed by atoms with Crippen LogP contribution in [0.2, 0.25) is 0 Å². The van der Waals surface area contributed by atoms with E-state index >= 15 is 0 Å². The highest BCUT2D eigenvalue weighted by molar-refractivity contribution is 6.05. The van der Waals surface area contributed by atoms with Crippen molar-refractivity contribution >= 4 is 22.6 Å². The molecule has 0 aliphatic rings. The zero-order valence-electron chi connectivity index (χ0n) is 11.7. The largest absolute Gasteiger partial charge is 0.422 e. The molecule has 0 saturated carbocycles. The number of nitrogens with zero attached hydrogens (tertiary/aromatic N) is 1. The number of rotatable bonds is 2. The van der Waals surface area contributed by atoms with E-state index in [1.165, 1.54) is 29.0 Å². The van der Waals surface area contributed by atoms with Crippen LogP contribution in [0.25, 0.3) is 11.0 Å². The highest BCUT2D eigenvalue weighted by Gasteiger charge is 2.14. The summed E-state index contributed by atoms with van der Waals surface area (Å²) < 4.78 is 6.45. The molecule has 6 nitrogen and oxygen atoms in total. The van der Waals surface area contributed by atoms with Crippen LogP contribution in [0.15, 0.2) is 62.7 Å². The number of nitrogens with one attached hydrogen (secondary N) is 1. The van der Waals surface area contributed by atoms with Gasteiger partial charge in [-0.3, -0.25) is 9.59 Å². The van der Waals surface area contributed by atoms with E-state index in [9.17, 15) is 14.4 Å². The number of anilines is 1. The summed E-state index contributed by atoms with van der Waals surface area (Å²) in [4.78, 5) is 35.4. The molecule has 0 radical (unpaired) electrons. The van der Waals surface area contributed by atoms with Gasteiger partial charge in [-0.2, -0.15) is 0 Å². The van der Waals surface area contributed by atoms with Gasteiger partial charge in [-0.15, -0.1) is 0 Å². The van der Waals surface area contributed by atoms with Crippen molar-refractivity contribution in [3.63, 3.8) is 0 Å². The van der Waals surface area contributed by atoms with Gasteiger partial charge in [-0.05, 0) is 18.2 Å². The lowest BCUT2D eigenvalue weighted by atomic mass is 10.2. The number of fused-ring (bicyclic) bond motifs is 1. The second kappa shape index (κ2) is 5.33. The molecule has 0 unspecified atom stereocenters. The molecule has 1 amide bonds. The molecular formula is C16H12N2O4. The third-order valence-electron chi connectivity index (χ3n) is 3.23. The van der Waals surface area contributed by atoms with E-state index in [1.54, 1.807) is 31.3 Å². The van der Waals surface area contributed by atoms with E-state index in [1.807, 2.05) is 0 Å². The van der Waals surface area contributed by atoms with E-state index in [-0.39, 0.29) is 11.1 Å². The topological polar surface area (TPSA) is 81.3 Å². The predicted molar refractivity (Wildman–Crippen MR) is 82.1 cm³/mol. The first-order valence-corrected chi connectivity index (χ1v) is 6.55. The second-order valence-electron chi connectivity index (χ2n) is 4.81. The molecule has 1 aromatic carbocycles. The fraction of sp³-hybridized carbons (Fsp3) is 0.0625. The number of para-hydroxylation sites is 1. The SMILES string of the molecule is Cn1cc(NC(=O)c2cc3ccccc3oc2=O)ccc1=O. The lowest BCUT2D eigenvalue weighted by Crippen LogP contribution is -2.22. The molecule has 0 fully saturated rings. The molecule has 0 atom stereocenters. The summed E-state index contributed by atoms with van der Waals surface area (Å²) in [6, 6.07) is 11.2. The number of carbonyl (C=O) groups is 1. The lowest BCUT2D eigenvalue weighted by Gasteiger charge is -2.06. The highest BCUT2D eigenvalue weighted by atomic mass is 16.4. The van der Waals surface area contributed by atoms with Crippen molar-refractivity contribution in [3.8, 4) is 0 Å². The van der Waals surface area contributed by atoms with E-state index in [0.29, 0.717) is 16.7 Å². The number of benzene rings is 1. The molecule has 0 aliphatic heterocycles. The number of aromatic nitrogens is 1. The van der Waals surface area contributed by atoms with Crippen LogP contribution in [0.4, 0.5) is 5.69 Å². The fourth-order valence-corrected chi connectivity index (χ4v) is 2.09. The average Bonchev–Trinajstić information content (AvgIpc) is 2.50. The molecule has 2 aromatic heterocycles. The van der Waals surface area contributed by atoms with Crippen molar-refractivity contribution in [3.05, 3.63) is 75.0 Å². The van der Waals surface area contributed by atoms with E-state index in [0.717, 1.165) is 0 Å². The summed E-state index contributed by atoms with van der Waals surface area (Å²) >= 11 is 0. The van der Waals surface area contributed by atoms with Crippen LogP contribution in [-0.2, 0) is 7.05 Å². The van der Waals surface area contributed by atoms with Crippen LogP contribution in [0, 0.1) is 0 Å². The first-order valence-electron chi connectivity index (χ1n) is 6.55. The van der Waals surface area contributed by atoms with Crippen LogP contribution in [0.5, 0.6) is 0 Å². The molecule has 110 valence electrons. The van der Waals surface area contributed by atoms with Gasteiger partial charge >= 0.3 is 5.63 Å². The molecule has 0 aliphatic carbocycles. The van der Waals surface area contributed by atoms with Crippen LogP contribution in [-0.4, -0.2) is 10.5 Å². The normalized spacial score (nSPS) is 10.6. The van der Waals surface area contributed by atoms with Gasteiger partial charge in [0.1, 0.15) is 11.1 Å². The molecule has 22 heavy (non-hydrogen) atoms. The highest BCUT2D eigenvalue weighted by Crippen LogP contribution is 2.13. The molecule has 3 aromatic rings. The van der Waals surface area contributed by atoms with E-state index in [2.05, 4.69) is 5.32 Å². The minimum absolute atomic E-state index is 0.0902. The average molecular weight is 296 g/mol. The molecule has 2 heterocycles. The zero-order chi connectivity index (χ0) is 15.7. The Morgan fingerprint density at radius 1 is 1.14 bits per heavy atom. The van der Waals surface area contributed by atoms with Crippen molar-refractivity contribution in [1.82, 2.24) is 4.57 Å². The molecule has 0 spiro atoms. The summed E-state index contributed by atoms with van der Waals surface area (Å²) in [5.74, 6) is -0.585. The lowest BCUT2D eigenvalue weighted by molar-refractivity contribution is 0.102. The summed E-state index contributed by atoms with van der Waals surface area (Å²) in [5, 5.41) is 3.23. The van der Waals surface area contributed by atoms with Crippen LogP contribution in [0.3, 0.4) is 0 Å². The molecular weight excluding hydrogens is 284 g/mol.